The van der Waals surface area contributed by atoms with Crippen molar-refractivity contribution in [2.75, 3.05) is 26.1 Å². The molecule has 0 saturated heterocycles. The monoisotopic (exact) mass is 440 g/mol. The molecule has 0 atom stereocenters. The molecule has 2 aromatic carbocycles. The minimum atomic E-state index is -0.276. The smallest absolute Gasteiger partial charge is 0.265 e. The van der Waals surface area contributed by atoms with Gasteiger partial charge in [0.1, 0.15) is 0 Å². The van der Waals surface area contributed by atoms with Gasteiger partial charge in [0.2, 0.25) is 0 Å². The van der Waals surface area contributed by atoms with Crippen LogP contribution in [-0.2, 0) is 9.63 Å². The van der Waals surface area contributed by atoms with Gasteiger partial charge in [-0.15, -0.1) is 0 Å². The lowest BCUT2D eigenvalue weighted by Gasteiger charge is -2.07. The maximum Gasteiger partial charge on any atom is 0.265 e. The molecule has 0 aliphatic rings. The van der Waals surface area contributed by atoms with Gasteiger partial charge in [0.25, 0.3) is 5.91 Å². The predicted molar refractivity (Wildman–Crippen MR) is 101 cm³/mol. The van der Waals surface area contributed by atoms with Crippen LogP contribution in [0.2, 0.25) is 0 Å². The molecule has 0 radical (unpaired) electrons. The fourth-order valence-corrected chi connectivity index (χ4v) is 2.43. The van der Waals surface area contributed by atoms with Crippen molar-refractivity contribution < 1.29 is 19.1 Å². The molecule has 0 aliphatic heterocycles. The molecular weight excluding hydrogens is 423 g/mol. The lowest BCUT2D eigenvalue weighted by molar-refractivity contribution is -0.120. The van der Waals surface area contributed by atoms with Crippen LogP contribution in [0.3, 0.4) is 0 Å². The Morgan fingerprint density at radius 2 is 1.96 bits per heavy atom. The fourth-order valence-electron chi connectivity index (χ4n) is 1.89. The zero-order chi connectivity index (χ0) is 17.4. The van der Waals surface area contributed by atoms with Gasteiger partial charge in [-0.25, -0.2) is 0 Å². The lowest BCUT2D eigenvalue weighted by Crippen LogP contribution is -2.16. The molecule has 0 aromatic heterocycles. The van der Waals surface area contributed by atoms with Gasteiger partial charge in [0.15, 0.2) is 18.1 Å². The van der Waals surface area contributed by atoms with E-state index in [1.54, 1.807) is 32.4 Å². The Hall–Kier alpha value is -2.29. The average Bonchev–Trinajstić information content (AvgIpc) is 2.58. The number of rotatable bonds is 7. The number of nitrogens with zero attached hydrogens (tertiary/aromatic N) is 1. The lowest BCUT2D eigenvalue weighted by atomic mass is 10.2. The highest BCUT2D eigenvalue weighted by Crippen LogP contribution is 2.26. The number of methoxy groups -OCH3 is 2. The second-order valence-electron chi connectivity index (χ2n) is 4.68. The third-order valence-electron chi connectivity index (χ3n) is 2.99. The van der Waals surface area contributed by atoms with Crippen molar-refractivity contribution in [2.45, 2.75) is 0 Å². The number of benzene rings is 2. The van der Waals surface area contributed by atoms with Gasteiger partial charge in [0, 0.05) is 14.8 Å². The van der Waals surface area contributed by atoms with Crippen LogP contribution >= 0.6 is 22.6 Å². The Labute approximate surface area is 153 Å². The maximum absolute atomic E-state index is 11.8. The maximum atomic E-state index is 11.8. The van der Waals surface area contributed by atoms with Gasteiger partial charge in [-0.3, -0.25) is 4.79 Å². The number of oxime groups is 1. The van der Waals surface area contributed by atoms with Gasteiger partial charge in [-0.05, 0) is 59.0 Å². The van der Waals surface area contributed by atoms with Gasteiger partial charge in [-0.2, -0.15) is 0 Å². The summed E-state index contributed by atoms with van der Waals surface area (Å²) in [5.74, 6) is 0.951. The number of hydrogen-bond acceptors (Lipinski definition) is 5. The summed E-state index contributed by atoms with van der Waals surface area (Å²) in [5.41, 5.74) is 1.49. The van der Waals surface area contributed by atoms with Crippen LogP contribution in [0, 0.1) is 3.57 Å². The molecule has 0 saturated carbocycles. The first-order valence-corrected chi connectivity index (χ1v) is 8.13. The summed E-state index contributed by atoms with van der Waals surface area (Å²) in [6, 6.07) is 12.8. The number of ether oxygens (including phenoxy) is 2. The van der Waals surface area contributed by atoms with Crippen molar-refractivity contribution in [1.29, 1.82) is 0 Å². The van der Waals surface area contributed by atoms with Crippen molar-refractivity contribution in [1.82, 2.24) is 0 Å². The van der Waals surface area contributed by atoms with Gasteiger partial charge in [-0.1, -0.05) is 11.2 Å². The van der Waals surface area contributed by atoms with E-state index in [1.165, 1.54) is 6.21 Å². The first kappa shape index (κ1) is 18.1. The summed E-state index contributed by atoms with van der Waals surface area (Å²) in [7, 11) is 3.13. The van der Waals surface area contributed by atoms with Crippen LogP contribution < -0.4 is 14.8 Å². The largest absolute Gasteiger partial charge is 0.493 e. The Balaban J connectivity index is 1.85. The summed E-state index contributed by atoms with van der Waals surface area (Å²) in [4.78, 5) is 16.8. The van der Waals surface area contributed by atoms with E-state index in [-0.39, 0.29) is 12.5 Å². The zero-order valence-corrected chi connectivity index (χ0v) is 15.4. The molecule has 0 heterocycles. The summed E-state index contributed by atoms with van der Waals surface area (Å²) in [6.07, 6.45) is 1.50. The van der Waals surface area contributed by atoms with Crippen molar-refractivity contribution >= 4 is 40.4 Å². The van der Waals surface area contributed by atoms with Crippen molar-refractivity contribution in [3.8, 4) is 11.5 Å². The first-order chi connectivity index (χ1) is 11.6. The van der Waals surface area contributed by atoms with E-state index >= 15 is 0 Å². The van der Waals surface area contributed by atoms with E-state index in [0.717, 1.165) is 14.8 Å². The normalized spacial score (nSPS) is 10.5. The van der Waals surface area contributed by atoms with Gasteiger partial charge < -0.3 is 19.6 Å². The molecule has 6 nitrogen and oxygen atoms in total. The van der Waals surface area contributed by atoms with Crippen LogP contribution in [0.5, 0.6) is 11.5 Å². The Morgan fingerprint density at radius 1 is 1.17 bits per heavy atom. The molecule has 7 heteroatoms. The van der Waals surface area contributed by atoms with E-state index < -0.39 is 0 Å². The van der Waals surface area contributed by atoms with Crippen LogP contribution in [0.1, 0.15) is 5.56 Å². The Bertz CT molecular complexity index is 734. The molecule has 2 aromatic rings. The second-order valence-corrected chi connectivity index (χ2v) is 5.93. The van der Waals surface area contributed by atoms with Crippen LogP contribution in [0.25, 0.3) is 0 Å². The molecule has 0 unspecified atom stereocenters. The third-order valence-corrected chi connectivity index (χ3v) is 3.66. The third kappa shape index (κ3) is 5.41. The average molecular weight is 440 g/mol. The molecule has 2 rings (SSSR count). The summed E-state index contributed by atoms with van der Waals surface area (Å²) < 4.78 is 11.4. The molecule has 126 valence electrons. The van der Waals surface area contributed by atoms with Crippen LogP contribution in [-0.4, -0.2) is 32.9 Å². The number of nitrogens with one attached hydrogen (secondary N) is 1. The van der Waals surface area contributed by atoms with E-state index in [2.05, 4.69) is 33.1 Å². The van der Waals surface area contributed by atoms with Crippen LogP contribution in [0.4, 0.5) is 5.69 Å². The fraction of sp³-hybridized carbons (Fsp3) is 0.176. The van der Waals surface area contributed by atoms with E-state index in [4.69, 9.17) is 14.3 Å². The number of carbonyl (C=O) groups excluding carboxylic acids is 1. The van der Waals surface area contributed by atoms with E-state index in [1.807, 2.05) is 24.3 Å². The van der Waals surface area contributed by atoms with Crippen molar-refractivity contribution in [3.63, 3.8) is 0 Å². The zero-order valence-electron chi connectivity index (χ0n) is 13.3. The van der Waals surface area contributed by atoms with Crippen LogP contribution in [0.15, 0.2) is 47.6 Å². The van der Waals surface area contributed by atoms with E-state index in [0.29, 0.717) is 11.5 Å². The number of anilines is 1. The summed E-state index contributed by atoms with van der Waals surface area (Å²) >= 11 is 2.18. The Kier molecular flexibility index (Phi) is 6.86. The number of halogens is 1. The molecule has 0 fully saturated rings. The molecular formula is C17H17IN2O4. The van der Waals surface area contributed by atoms with E-state index in [9.17, 15) is 4.79 Å². The number of carbonyl (C=O) groups is 1. The highest BCUT2D eigenvalue weighted by Gasteiger charge is 2.04. The molecule has 0 aliphatic carbocycles. The molecule has 0 spiro atoms. The standard InChI is InChI=1S/C17H17IN2O4/c1-22-15-7-6-12(8-16(15)23-2)10-19-24-11-17(21)20-14-5-3-4-13(18)9-14/h3-10H,11H2,1-2H3,(H,20,21)/b19-10+. The van der Waals surface area contributed by atoms with Crippen molar-refractivity contribution in [3.05, 3.63) is 51.6 Å². The highest BCUT2D eigenvalue weighted by atomic mass is 127. The quantitative estimate of drug-likeness (QED) is 0.408. The summed E-state index contributed by atoms with van der Waals surface area (Å²) in [5, 5.41) is 6.52. The topological polar surface area (TPSA) is 69.2 Å². The number of amides is 1. The highest BCUT2D eigenvalue weighted by molar-refractivity contribution is 14.1. The molecule has 0 bridgehead atoms. The van der Waals surface area contributed by atoms with Gasteiger partial charge in [0.05, 0.1) is 20.4 Å². The molecule has 1 amide bonds. The first-order valence-electron chi connectivity index (χ1n) is 7.05. The van der Waals surface area contributed by atoms with Crippen molar-refractivity contribution in [2.24, 2.45) is 5.16 Å². The second kappa shape index (κ2) is 9.11. The minimum Gasteiger partial charge on any atom is -0.493 e. The summed E-state index contributed by atoms with van der Waals surface area (Å²) in [6.45, 7) is -0.171. The molecule has 1 N–H and O–H groups in total. The Morgan fingerprint density at radius 3 is 2.67 bits per heavy atom. The SMILES string of the molecule is COc1ccc(/C=N/OCC(=O)Nc2cccc(I)c2)cc1OC. The number of hydrogen-bond donors (Lipinski definition) is 1. The van der Waals surface area contributed by atoms with Gasteiger partial charge >= 0.3 is 0 Å². The predicted octanol–water partition coefficient (Wildman–Crippen LogP) is 3.30. The molecule has 24 heavy (non-hydrogen) atoms. The minimum absolute atomic E-state index is 0.171.